The second-order valence-electron chi connectivity index (χ2n) is 3.19. The van der Waals surface area contributed by atoms with E-state index >= 15 is 0 Å². The van der Waals surface area contributed by atoms with Gasteiger partial charge in [0.05, 0.1) is 12.8 Å². The molecule has 0 radical (unpaired) electrons. The van der Waals surface area contributed by atoms with Crippen LogP contribution in [0.5, 0.6) is 5.75 Å². The Labute approximate surface area is 92.9 Å². The molecule has 4 heteroatoms. The summed E-state index contributed by atoms with van der Waals surface area (Å²) >= 11 is 0. The molecule has 0 atom stereocenters. The molecular formula is C12H10N2O2. The van der Waals surface area contributed by atoms with E-state index in [1.807, 2.05) is 24.3 Å². The lowest BCUT2D eigenvalue weighted by atomic mass is 10.1. The van der Waals surface area contributed by atoms with Crippen molar-refractivity contribution in [3.8, 4) is 17.0 Å². The van der Waals surface area contributed by atoms with Gasteiger partial charge in [-0.15, -0.1) is 10.2 Å². The molecule has 0 amide bonds. The highest BCUT2D eigenvalue weighted by atomic mass is 16.5. The fourth-order valence-electron chi connectivity index (χ4n) is 1.32. The molecule has 16 heavy (non-hydrogen) atoms. The highest BCUT2D eigenvalue weighted by Crippen LogP contribution is 2.19. The molecule has 0 saturated heterocycles. The van der Waals surface area contributed by atoms with Gasteiger partial charge in [0.2, 0.25) is 0 Å². The van der Waals surface area contributed by atoms with E-state index in [9.17, 15) is 4.79 Å². The van der Waals surface area contributed by atoms with E-state index in [4.69, 9.17) is 4.74 Å². The molecule has 0 aliphatic carbocycles. The lowest BCUT2D eigenvalue weighted by Gasteiger charge is -2.02. The maximum atomic E-state index is 10.4. The van der Waals surface area contributed by atoms with Gasteiger partial charge in [-0.05, 0) is 36.4 Å². The maximum absolute atomic E-state index is 10.4. The highest BCUT2D eigenvalue weighted by molar-refractivity contribution is 5.72. The Bertz CT molecular complexity index is 477. The normalized spacial score (nSPS) is 9.81. The molecule has 0 saturated carbocycles. The Hall–Kier alpha value is -2.23. The van der Waals surface area contributed by atoms with E-state index in [2.05, 4.69) is 10.2 Å². The average Bonchev–Trinajstić information content (AvgIpc) is 2.39. The molecule has 0 aliphatic rings. The number of methoxy groups -OCH3 is 1. The van der Waals surface area contributed by atoms with E-state index in [1.54, 1.807) is 19.2 Å². The Morgan fingerprint density at radius 3 is 2.31 bits per heavy atom. The van der Waals surface area contributed by atoms with Crippen molar-refractivity contribution in [1.29, 1.82) is 0 Å². The second-order valence-corrected chi connectivity index (χ2v) is 3.19. The number of rotatable bonds is 3. The Balaban J connectivity index is 2.31. The largest absolute Gasteiger partial charge is 0.497 e. The van der Waals surface area contributed by atoms with E-state index < -0.39 is 0 Å². The van der Waals surface area contributed by atoms with Gasteiger partial charge in [0, 0.05) is 5.56 Å². The van der Waals surface area contributed by atoms with Crippen LogP contribution in [0.2, 0.25) is 0 Å². The van der Waals surface area contributed by atoms with Crippen LogP contribution in [0.15, 0.2) is 36.4 Å². The first kappa shape index (κ1) is 10.3. The molecule has 0 unspecified atom stereocenters. The van der Waals surface area contributed by atoms with Crippen LogP contribution in [-0.2, 0) is 0 Å². The lowest BCUT2D eigenvalue weighted by Crippen LogP contribution is -1.92. The van der Waals surface area contributed by atoms with Crippen LogP contribution in [0.25, 0.3) is 11.3 Å². The van der Waals surface area contributed by atoms with Crippen molar-refractivity contribution in [2.24, 2.45) is 0 Å². The molecule has 0 fully saturated rings. The van der Waals surface area contributed by atoms with E-state index in [0.29, 0.717) is 12.0 Å². The number of carbonyl (C=O) groups excluding carboxylic acids is 1. The summed E-state index contributed by atoms with van der Waals surface area (Å²) in [6, 6.07) is 10.9. The first-order valence-electron chi connectivity index (χ1n) is 4.77. The quantitative estimate of drug-likeness (QED) is 0.733. The van der Waals surface area contributed by atoms with Gasteiger partial charge in [-0.1, -0.05) is 0 Å². The van der Waals surface area contributed by atoms with Crippen LogP contribution in [0, 0.1) is 0 Å². The van der Waals surface area contributed by atoms with Crippen LogP contribution < -0.4 is 4.74 Å². The molecule has 1 aromatic carbocycles. The molecular weight excluding hydrogens is 204 g/mol. The van der Waals surface area contributed by atoms with Gasteiger partial charge in [-0.25, -0.2) is 0 Å². The number of benzene rings is 1. The molecule has 0 bridgehead atoms. The van der Waals surface area contributed by atoms with Crippen molar-refractivity contribution < 1.29 is 9.53 Å². The third-order valence-electron chi connectivity index (χ3n) is 2.19. The standard InChI is InChI=1S/C12H10N2O2/c1-16-11-5-2-9(3-6-11)12-7-4-10(8-15)13-14-12/h2-8H,1H3. The summed E-state index contributed by atoms with van der Waals surface area (Å²) in [5, 5.41) is 7.72. The van der Waals surface area contributed by atoms with Gasteiger partial charge in [0.1, 0.15) is 11.4 Å². The van der Waals surface area contributed by atoms with Crippen molar-refractivity contribution in [3.05, 3.63) is 42.1 Å². The number of ether oxygens (including phenoxy) is 1. The monoisotopic (exact) mass is 214 g/mol. The zero-order valence-electron chi connectivity index (χ0n) is 8.75. The Morgan fingerprint density at radius 2 is 1.81 bits per heavy atom. The van der Waals surface area contributed by atoms with Crippen LogP contribution >= 0.6 is 0 Å². The van der Waals surface area contributed by atoms with Crippen molar-refractivity contribution in [2.75, 3.05) is 7.11 Å². The van der Waals surface area contributed by atoms with Crippen molar-refractivity contribution in [3.63, 3.8) is 0 Å². The third-order valence-corrected chi connectivity index (χ3v) is 2.19. The number of hydrogen-bond donors (Lipinski definition) is 0. The number of aromatic nitrogens is 2. The molecule has 0 aliphatic heterocycles. The van der Waals surface area contributed by atoms with Crippen LogP contribution in [0.4, 0.5) is 0 Å². The van der Waals surface area contributed by atoms with Crippen molar-refractivity contribution in [1.82, 2.24) is 10.2 Å². The van der Waals surface area contributed by atoms with Gasteiger partial charge in [-0.2, -0.15) is 0 Å². The van der Waals surface area contributed by atoms with E-state index in [0.717, 1.165) is 17.0 Å². The average molecular weight is 214 g/mol. The third kappa shape index (κ3) is 2.06. The second kappa shape index (κ2) is 4.53. The predicted molar refractivity (Wildman–Crippen MR) is 59.4 cm³/mol. The minimum atomic E-state index is 0.331. The Kier molecular flexibility index (Phi) is 2.91. The zero-order chi connectivity index (χ0) is 11.4. The molecule has 2 aromatic rings. The first-order valence-corrected chi connectivity index (χ1v) is 4.77. The first-order chi connectivity index (χ1) is 7.83. The predicted octanol–water partition coefficient (Wildman–Crippen LogP) is 1.96. The molecule has 1 aromatic heterocycles. The van der Waals surface area contributed by atoms with Gasteiger partial charge >= 0.3 is 0 Å². The van der Waals surface area contributed by atoms with Gasteiger partial charge in [0.15, 0.2) is 6.29 Å². The van der Waals surface area contributed by atoms with E-state index in [-0.39, 0.29) is 0 Å². The van der Waals surface area contributed by atoms with Crippen molar-refractivity contribution >= 4 is 6.29 Å². The van der Waals surface area contributed by atoms with Crippen molar-refractivity contribution in [2.45, 2.75) is 0 Å². The fraction of sp³-hybridized carbons (Fsp3) is 0.0833. The minimum absolute atomic E-state index is 0.331. The summed E-state index contributed by atoms with van der Waals surface area (Å²) in [6.45, 7) is 0. The fourth-order valence-corrected chi connectivity index (χ4v) is 1.32. The SMILES string of the molecule is COc1ccc(-c2ccc(C=O)nn2)cc1. The Morgan fingerprint density at radius 1 is 1.06 bits per heavy atom. The van der Waals surface area contributed by atoms with Crippen LogP contribution in [-0.4, -0.2) is 23.6 Å². The smallest absolute Gasteiger partial charge is 0.170 e. The summed E-state index contributed by atoms with van der Waals surface area (Å²) in [7, 11) is 1.62. The molecule has 1 heterocycles. The van der Waals surface area contributed by atoms with Crippen LogP contribution in [0.3, 0.4) is 0 Å². The molecule has 0 N–H and O–H groups in total. The van der Waals surface area contributed by atoms with Gasteiger partial charge in [0.25, 0.3) is 0 Å². The zero-order valence-corrected chi connectivity index (χ0v) is 8.75. The van der Waals surface area contributed by atoms with E-state index in [1.165, 1.54) is 0 Å². The molecule has 0 spiro atoms. The summed E-state index contributed by atoms with van der Waals surface area (Å²) < 4.78 is 5.06. The molecule has 4 nitrogen and oxygen atoms in total. The number of aldehydes is 1. The number of nitrogens with zero attached hydrogens (tertiary/aromatic N) is 2. The summed E-state index contributed by atoms with van der Waals surface area (Å²) in [4.78, 5) is 10.4. The summed E-state index contributed by atoms with van der Waals surface area (Å²) in [5.41, 5.74) is 2.00. The number of carbonyl (C=O) groups is 1. The minimum Gasteiger partial charge on any atom is -0.497 e. The summed E-state index contributed by atoms with van der Waals surface area (Å²) in [5.74, 6) is 0.793. The maximum Gasteiger partial charge on any atom is 0.170 e. The summed E-state index contributed by atoms with van der Waals surface area (Å²) in [6.07, 6.45) is 0.671. The lowest BCUT2D eigenvalue weighted by molar-refractivity contribution is 0.111. The highest BCUT2D eigenvalue weighted by Gasteiger charge is 2.00. The molecule has 80 valence electrons. The number of hydrogen-bond acceptors (Lipinski definition) is 4. The topological polar surface area (TPSA) is 52.1 Å². The molecule has 2 rings (SSSR count). The van der Waals surface area contributed by atoms with Gasteiger partial charge < -0.3 is 4.74 Å². The van der Waals surface area contributed by atoms with Crippen LogP contribution in [0.1, 0.15) is 10.5 Å². The van der Waals surface area contributed by atoms with Gasteiger partial charge in [-0.3, -0.25) is 4.79 Å².